The molecule has 1 saturated heterocycles. The highest BCUT2D eigenvalue weighted by Gasteiger charge is 2.45. The van der Waals surface area contributed by atoms with Crippen molar-refractivity contribution in [2.24, 2.45) is 0 Å². The van der Waals surface area contributed by atoms with Gasteiger partial charge in [-0.2, -0.15) is 4.98 Å². The molecule has 5 heteroatoms. The monoisotopic (exact) mass is 304 g/mol. The molecule has 110 valence electrons. The maximum atomic E-state index is 5.99. The van der Waals surface area contributed by atoms with Crippen LogP contribution >= 0.6 is 11.6 Å². The molecule has 1 atom stereocenters. The van der Waals surface area contributed by atoms with Crippen molar-refractivity contribution in [3.05, 3.63) is 46.6 Å². The molecule has 2 aliphatic rings. The smallest absolute Gasteiger partial charge is 0.237 e. The Balaban J connectivity index is 1.67. The van der Waals surface area contributed by atoms with Gasteiger partial charge in [0.2, 0.25) is 5.89 Å². The van der Waals surface area contributed by atoms with Crippen LogP contribution in [0.1, 0.15) is 48.9 Å². The number of hydrogen-bond donors (Lipinski definition) is 0. The minimum atomic E-state index is -0.116. The van der Waals surface area contributed by atoms with E-state index in [9.17, 15) is 0 Å². The van der Waals surface area contributed by atoms with Gasteiger partial charge in [-0.1, -0.05) is 35.3 Å². The molecule has 1 aliphatic heterocycles. The van der Waals surface area contributed by atoms with Gasteiger partial charge in [0.1, 0.15) is 0 Å². The first-order valence-corrected chi connectivity index (χ1v) is 7.84. The molecule has 4 rings (SSSR count). The normalized spacial score (nSPS) is 24.0. The summed E-state index contributed by atoms with van der Waals surface area (Å²) in [5, 5.41) is 4.95. The van der Waals surface area contributed by atoms with Crippen LogP contribution in [0.4, 0.5) is 0 Å². The Kier molecular flexibility index (Phi) is 3.23. The maximum Gasteiger partial charge on any atom is 0.237 e. The Morgan fingerprint density at radius 3 is 2.62 bits per heavy atom. The molecular formula is C16H17ClN2O2. The maximum absolute atomic E-state index is 5.99. The van der Waals surface area contributed by atoms with Gasteiger partial charge in [0, 0.05) is 17.5 Å². The number of halogens is 1. The number of rotatable bonds is 3. The summed E-state index contributed by atoms with van der Waals surface area (Å²) in [6.07, 6.45) is 4.27. The summed E-state index contributed by atoms with van der Waals surface area (Å²) < 4.78 is 11.0. The van der Waals surface area contributed by atoms with Crippen molar-refractivity contribution in [3.8, 4) is 0 Å². The average Bonchev–Trinajstić information content (AvgIpc) is 3.10. The first kappa shape index (κ1) is 13.3. The molecule has 2 aromatic rings. The van der Waals surface area contributed by atoms with Crippen LogP contribution in [0.2, 0.25) is 5.02 Å². The number of benzene rings is 1. The van der Waals surface area contributed by atoms with Crippen molar-refractivity contribution in [2.45, 2.75) is 37.0 Å². The topological polar surface area (TPSA) is 48.2 Å². The fourth-order valence-electron chi connectivity index (χ4n) is 3.26. The van der Waals surface area contributed by atoms with Gasteiger partial charge < -0.3 is 9.26 Å². The van der Waals surface area contributed by atoms with Crippen LogP contribution in [0, 0.1) is 0 Å². The van der Waals surface area contributed by atoms with Crippen molar-refractivity contribution in [2.75, 3.05) is 13.2 Å². The molecule has 4 nitrogen and oxygen atoms in total. The zero-order valence-electron chi connectivity index (χ0n) is 11.7. The van der Waals surface area contributed by atoms with Crippen molar-refractivity contribution in [1.29, 1.82) is 0 Å². The first-order chi connectivity index (χ1) is 10.3. The van der Waals surface area contributed by atoms with Crippen molar-refractivity contribution in [3.63, 3.8) is 0 Å². The van der Waals surface area contributed by atoms with Crippen LogP contribution in [0.5, 0.6) is 0 Å². The van der Waals surface area contributed by atoms with Crippen LogP contribution in [0.25, 0.3) is 0 Å². The highest BCUT2D eigenvalue weighted by Crippen LogP contribution is 2.48. The Morgan fingerprint density at radius 1 is 1.19 bits per heavy atom. The third kappa shape index (κ3) is 2.17. The number of ether oxygens (including phenoxy) is 1. The molecule has 2 fully saturated rings. The Labute approximate surface area is 128 Å². The second kappa shape index (κ2) is 5.11. The van der Waals surface area contributed by atoms with Gasteiger partial charge in [0.05, 0.1) is 12.0 Å². The average molecular weight is 305 g/mol. The Morgan fingerprint density at radius 2 is 2.00 bits per heavy atom. The summed E-state index contributed by atoms with van der Waals surface area (Å²) in [5.74, 6) is 1.82. The lowest BCUT2D eigenvalue weighted by Gasteiger charge is -2.38. The standard InChI is InChI=1S/C16H17ClN2O2/c17-13-4-2-12(3-5-13)16(7-1-8-16)15-18-14(19-21-15)11-6-9-20-10-11/h2-5,11H,1,6-10H2/t11-/m0/s1. The molecule has 1 saturated carbocycles. The van der Waals surface area contributed by atoms with Gasteiger partial charge in [0.25, 0.3) is 0 Å². The molecule has 0 bridgehead atoms. The van der Waals surface area contributed by atoms with Gasteiger partial charge >= 0.3 is 0 Å². The zero-order valence-corrected chi connectivity index (χ0v) is 12.5. The summed E-state index contributed by atoms with van der Waals surface area (Å²) in [4.78, 5) is 4.69. The van der Waals surface area contributed by atoms with Crippen LogP contribution in [-0.4, -0.2) is 23.4 Å². The van der Waals surface area contributed by atoms with Crippen molar-refractivity contribution < 1.29 is 9.26 Å². The summed E-state index contributed by atoms with van der Waals surface area (Å²) in [6.45, 7) is 1.49. The van der Waals surface area contributed by atoms with Crippen LogP contribution in [0.15, 0.2) is 28.8 Å². The van der Waals surface area contributed by atoms with E-state index in [1.54, 1.807) is 0 Å². The molecule has 2 heterocycles. The van der Waals surface area contributed by atoms with E-state index in [1.165, 1.54) is 12.0 Å². The fraction of sp³-hybridized carbons (Fsp3) is 0.500. The second-order valence-corrected chi connectivity index (χ2v) is 6.40. The lowest BCUT2D eigenvalue weighted by Crippen LogP contribution is -2.35. The van der Waals surface area contributed by atoms with E-state index in [0.717, 1.165) is 42.6 Å². The highest BCUT2D eigenvalue weighted by molar-refractivity contribution is 6.30. The summed E-state index contributed by atoms with van der Waals surface area (Å²) in [6, 6.07) is 8.01. The molecule has 1 aromatic carbocycles. The molecule has 0 amide bonds. The second-order valence-electron chi connectivity index (χ2n) is 5.96. The molecule has 1 aromatic heterocycles. The van der Waals surface area contributed by atoms with Gasteiger partial charge in [-0.3, -0.25) is 0 Å². The predicted octanol–water partition coefficient (Wildman–Crippen LogP) is 3.70. The quantitative estimate of drug-likeness (QED) is 0.867. The van der Waals surface area contributed by atoms with E-state index in [-0.39, 0.29) is 11.3 Å². The molecule has 0 unspecified atom stereocenters. The van der Waals surface area contributed by atoms with E-state index in [4.69, 9.17) is 25.8 Å². The van der Waals surface area contributed by atoms with E-state index < -0.39 is 0 Å². The van der Waals surface area contributed by atoms with Crippen LogP contribution in [-0.2, 0) is 10.2 Å². The Hall–Kier alpha value is -1.39. The first-order valence-electron chi connectivity index (χ1n) is 7.46. The van der Waals surface area contributed by atoms with E-state index >= 15 is 0 Å². The molecular weight excluding hydrogens is 288 g/mol. The van der Waals surface area contributed by atoms with E-state index in [1.807, 2.05) is 12.1 Å². The fourth-order valence-corrected chi connectivity index (χ4v) is 3.38. The molecule has 0 N–H and O–H groups in total. The van der Waals surface area contributed by atoms with E-state index in [2.05, 4.69) is 17.3 Å². The third-order valence-corrected chi connectivity index (χ3v) is 5.00. The van der Waals surface area contributed by atoms with Crippen molar-refractivity contribution in [1.82, 2.24) is 10.1 Å². The largest absolute Gasteiger partial charge is 0.381 e. The molecule has 21 heavy (non-hydrogen) atoms. The Bertz CT molecular complexity index is 628. The lowest BCUT2D eigenvalue weighted by atomic mass is 9.64. The highest BCUT2D eigenvalue weighted by atomic mass is 35.5. The van der Waals surface area contributed by atoms with Gasteiger partial charge in [-0.05, 0) is 37.0 Å². The SMILES string of the molecule is Clc1ccc(C2(c3nc([C@H]4CCOC4)no3)CCC2)cc1. The minimum absolute atomic E-state index is 0.116. The van der Waals surface area contributed by atoms with E-state index in [0.29, 0.717) is 6.61 Å². The molecule has 1 aliphatic carbocycles. The third-order valence-electron chi connectivity index (χ3n) is 4.75. The van der Waals surface area contributed by atoms with Crippen LogP contribution in [0.3, 0.4) is 0 Å². The van der Waals surface area contributed by atoms with Crippen LogP contribution < -0.4 is 0 Å². The summed E-state index contributed by atoms with van der Waals surface area (Å²) in [7, 11) is 0. The number of aromatic nitrogens is 2. The zero-order chi connectivity index (χ0) is 14.3. The predicted molar refractivity (Wildman–Crippen MR) is 78.6 cm³/mol. The number of hydrogen-bond acceptors (Lipinski definition) is 4. The van der Waals surface area contributed by atoms with Gasteiger partial charge in [0.15, 0.2) is 5.82 Å². The number of nitrogens with zero attached hydrogens (tertiary/aromatic N) is 2. The van der Waals surface area contributed by atoms with Gasteiger partial charge in [-0.15, -0.1) is 0 Å². The summed E-state index contributed by atoms with van der Waals surface area (Å²) in [5.41, 5.74) is 1.10. The minimum Gasteiger partial charge on any atom is -0.381 e. The molecule has 0 spiro atoms. The summed E-state index contributed by atoms with van der Waals surface area (Å²) >= 11 is 5.99. The molecule has 0 radical (unpaired) electrons. The lowest BCUT2D eigenvalue weighted by molar-refractivity contribution is 0.192. The van der Waals surface area contributed by atoms with Crippen molar-refractivity contribution >= 4 is 11.6 Å². The van der Waals surface area contributed by atoms with Gasteiger partial charge in [-0.25, -0.2) is 0 Å².